The number of rotatable bonds is 16. The number of nitrogens with one attached hydrogen (secondary N) is 3. The van der Waals surface area contributed by atoms with Gasteiger partial charge in [-0.25, -0.2) is 14.4 Å². The zero-order chi connectivity index (χ0) is 36.5. The lowest BCUT2D eigenvalue weighted by Gasteiger charge is -2.22. The van der Waals surface area contributed by atoms with E-state index in [1.54, 1.807) is 35.2 Å². The van der Waals surface area contributed by atoms with Gasteiger partial charge in [0.25, 0.3) is 0 Å². The first-order chi connectivity index (χ1) is 22.8. The van der Waals surface area contributed by atoms with Gasteiger partial charge in [-0.05, 0) is 29.9 Å². The maximum absolute atomic E-state index is 12.2. The standard InChI is InChI=1S/C17H26N2O4.C13H17NO4.C4H11NO2/c1-12(2)15(16(20)18-10-13(3)22-4)19-17(21)23-11-14-8-6-5-7-9-14;1-9(2)11(12(15)16)14-13(17)18-8-10-6-4-3-5-7-10;1-6-4(3-5)7-2/h5-9,12-13,15H,10-11H2,1-4H3,(H,18,20)(H,19,21);3-7,9,11H,8H2,1-2H3,(H,14,17)(H,15,16);4H,3,5H2,1-2H3/t13?,15-;11-;/m11./s1. The molecule has 14 heteroatoms. The molecule has 0 aliphatic carbocycles. The second kappa shape index (κ2) is 25.8. The Kier molecular flexibility index (Phi) is 23.5. The van der Waals surface area contributed by atoms with E-state index in [1.807, 2.05) is 81.4 Å². The van der Waals surface area contributed by atoms with Crippen LogP contribution in [0, 0.1) is 11.8 Å². The fraction of sp³-hybridized carbons (Fsp3) is 0.529. The van der Waals surface area contributed by atoms with Crippen molar-refractivity contribution in [2.75, 3.05) is 34.4 Å². The van der Waals surface area contributed by atoms with Crippen molar-refractivity contribution in [3.8, 4) is 0 Å². The minimum Gasteiger partial charge on any atom is -0.480 e. The van der Waals surface area contributed by atoms with E-state index in [1.165, 1.54) is 0 Å². The van der Waals surface area contributed by atoms with Gasteiger partial charge in [-0.3, -0.25) is 4.79 Å². The van der Waals surface area contributed by atoms with Crippen molar-refractivity contribution in [2.24, 2.45) is 17.6 Å². The van der Waals surface area contributed by atoms with E-state index in [-0.39, 0.29) is 43.4 Å². The van der Waals surface area contributed by atoms with Gasteiger partial charge in [0, 0.05) is 34.4 Å². The van der Waals surface area contributed by atoms with Gasteiger partial charge in [0.15, 0.2) is 6.29 Å². The van der Waals surface area contributed by atoms with Gasteiger partial charge in [-0.15, -0.1) is 0 Å². The Morgan fingerprint density at radius 1 is 0.688 bits per heavy atom. The minimum atomic E-state index is -1.07. The number of methoxy groups -OCH3 is 3. The van der Waals surface area contributed by atoms with Gasteiger partial charge in [-0.2, -0.15) is 0 Å². The molecule has 270 valence electrons. The number of carboxylic acid groups (broad SMARTS) is 1. The van der Waals surface area contributed by atoms with E-state index in [0.29, 0.717) is 13.1 Å². The molecule has 0 heterocycles. The summed E-state index contributed by atoms with van der Waals surface area (Å²) in [5.41, 5.74) is 6.89. The summed E-state index contributed by atoms with van der Waals surface area (Å²) >= 11 is 0. The lowest BCUT2D eigenvalue weighted by atomic mass is 10.0. The van der Waals surface area contributed by atoms with E-state index in [9.17, 15) is 19.2 Å². The van der Waals surface area contributed by atoms with Gasteiger partial charge in [0.2, 0.25) is 5.91 Å². The molecular weight excluding hydrogens is 624 g/mol. The molecular formula is C34H54N4O10. The molecule has 3 atom stereocenters. The van der Waals surface area contributed by atoms with Gasteiger partial charge < -0.3 is 50.5 Å². The molecule has 6 N–H and O–H groups in total. The van der Waals surface area contributed by atoms with Gasteiger partial charge in [0.05, 0.1) is 6.10 Å². The van der Waals surface area contributed by atoms with Crippen molar-refractivity contribution in [1.82, 2.24) is 16.0 Å². The number of carboxylic acids is 1. The van der Waals surface area contributed by atoms with Gasteiger partial charge >= 0.3 is 18.2 Å². The zero-order valence-electron chi connectivity index (χ0n) is 29.3. The lowest BCUT2D eigenvalue weighted by molar-refractivity contribution is -0.140. The van der Waals surface area contributed by atoms with Crippen molar-refractivity contribution in [3.63, 3.8) is 0 Å². The van der Waals surface area contributed by atoms with Crippen LogP contribution >= 0.6 is 0 Å². The molecule has 0 saturated carbocycles. The third kappa shape index (κ3) is 20.1. The van der Waals surface area contributed by atoms with Crippen LogP contribution in [0.3, 0.4) is 0 Å². The Morgan fingerprint density at radius 2 is 1.10 bits per heavy atom. The fourth-order valence-corrected chi connectivity index (χ4v) is 3.56. The first-order valence-corrected chi connectivity index (χ1v) is 15.5. The summed E-state index contributed by atoms with van der Waals surface area (Å²) in [6, 6.07) is 17.0. The van der Waals surface area contributed by atoms with Crippen LogP contribution in [0.15, 0.2) is 60.7 Å². The molecule has 0 radical (unpaired) electrons. The topological polar surface area (TPSA) is 197 Å². The Hall–Kier alpha value is -4.24. The first kappa shape index (κ1) is 43.8. The fourth-order valence-electron chi connectivity index (χ4n) is 3.56. The highest BCUT2D eigenvalue weighted by atomic mass is 16.7. The Labute approximate surface area is 284 Å². The molecule has 0 fully saturated rings. The molecule has 14 nitrogen and oxygen atoms in total. The molecule has 2 aromatic carbocycles. The summed E-state index contributed by atoms with van der Waals surface area (Å²) < 4.78 is 24.6. The lowest BCUT2D eigenvalue weighted by Crippen LogP contribution is -2.51. The normalized spacial score (nSPS) is 12.3. The number of alkyl carbamates (subject to hydrolysis) is 2. The maximum Gasteiger partial charge on any atom is 0.408 e. The van der Waals surface area contributed by atoms with E-state index < -0.39 is 30.2 Å². The summed E-state index contributed by atoms with van der Waals surface area (Å²) in [6.45, 7) is 10.1. The second-order valence-electron chi connectivity index (χ2n) is 11.1. The van der Waals surface area contributed by atoms with Crippen molar-refractivity contribution >= 4 is 24.1 Å². The molecule has 0 aliphatic heterocycles. The number of ether oxygens (including phenoxy) is 5. The molecule has 0 spiro atoms. The third-order valence-electron chi connectivity index (χ3n) is 6.54. The number of carbonyl (C=O) groups excluding carboxylic acids is 3. The Bertz CT molecular complexity index is 1160. The van der Waals surface area contributed by atoms with Crippen molar-refractivity contribution in [2.45, 2.75) is 72.3 Å². The highest BCUT2D eigenvalue weighted by molar-refractivity contribution is 5.85. The summed E-state index contributed by atoms with van der Waals surface area (Å²) in [7, 11) is 4.69. The molecule has 3 amide bonds. The number of amides is 3. The quantitative estimate of drug-likeness (QED) is 0.163. The summed E-state index contributed by atoms with van der Waals surface area (Å²) in [6.07, 6.45) is -1.65. The summed E-state index contributed by atoms with van der Waals surface area (Å²) in [5.74, 6) is -1.58. The SMILES string of the molecule is CC(C)[C@@H](NC(=O)OCc1ccccc1)C(=O)O.COC(C)CNC(=O)[C@H](NC(=O)OCc1ccccc1)C(C)C.COC(CN)OC. The first-order valence-electron chi connectivity index (χ1n) is 15.5. The molecule has 0 aromatic heterocycles. The molecule has 0 bridgehead atoms. The van der Waals surface area contributed by atoms with Crippen LogP contribution in [0.5, 0.6) is 0 Å². The zero-order valence-corrected chi connectivity index (χ0v) is 29.3. The number of hydrogen-bond acceptors (Lipinski definition) is 10. The number of nitrogens with two attached hydrogens (primary N) is 1. The molecule has 0 saturated heterocycles. The largest absolute Gasteiger partial charge is 0.480 e. The van der Waals surface area contributed by atoms with E-state index in [4.69, 9.17) is 34.5 Å². The minimum absolute atomic E-state index is 0.0582. The molecule has 1 unspecified atom stereocenters. The summed E-state index contributed by atoms with van der Waals surface area (Å²) in [5, 5.41) is 16.6. The monoisotopic (exact) mass is 678 g/mol. The predicted molar refractivity (Wildman–Crippen MR) is 181 cm³/mol. The summed E-state index contributed by atoms with van der Waals surface area (Å²) in [4.78, 5) is 46.4. The number of hydrogen-bond donors (Lipinski definition) is 5. The van der Waals surface area contributed by atoms with Crippen molar-refractivity contribution in [1.29, 1.82) is 0 Å². The van der Waals surface area contributed by atoms with Crippen molar-refractivity contribution < 1.29 is 48.0 Å². The molecule has 0 aliphatic rings. The average molecular weight is 679 g/mol. The maximum atomic E-state index is 12.2. The molecule has 2 aromatic rings. The van der Waals surface area contributed by atoms with Crippen LogP contribution in [0.4, 0.5) is 9.59 Å². The van der Waals surface area contributed by atoms with E-state index in [0.717, 1.165) is 11.1 Å². The van der Waals surface area contributed by atoms with Crippen LogP contribution in [0.1, 0.15) is 45.7 Å². The third-order valence-corrected chi connectivity index (χ3v) is 6.54. The highest BCUT2D eigenvalue weighted by Gasteiger charge is 2.25. The molecule has 2 rings (SSSR count). The smallest absolute Gasteiger partial charge is 0.408 e. The van der Waals surface area contributed by atoms with Crippen LogP contribution in [0.25, 0.3) is 0 Å². The van der Waals surface area contributed by atoms with Crippen LogP contribution in [0.2, 0.25) is 0 Å². The highest BCUT2D eigenvalue weighted by Crippen LogP contribution is 2.06. The number of benzene rings is 2. The Balaban J connectivity index is 0.000000783. The van der Waals surface area contributed by atoms with Crippen LogP contribution in [-0.2, 0) is 46.5 Å². The Morgan fingerprint density at radius 3 is 1.42 bits per heavy atom. The van der Waals surface area contributed by atoms with Crippen LogP contribution in [-0.4, -0.2) is 88.1 Å². The van der Waals surface area contributed by atoms with E-state index >= 15 is 0 Å². The predicted octanol–water partition coefficient (Wildman–Crippen LogP) is 3.67. The number of carbonyl (C=O) groups is 4. The van der Waals surface area contributed by atoms with Gasteiger partial charge in [-0.1, -0.05) is 88.4 Å². The molecule has 48 heavy (non-hydrogen) atoms. The number of aliphatic carboxylic acids is 1. The van der Waals surface area contributed by atoms with Gasteiger partial charge in [0.1, 0.15) is 25.3 Å². The van der Waals surface area contributed by atoms with E-state index in [2.05, 4.69) is 16.0 Å². The second-order valence-corrected chi connectivity index (χ2v) is 11.1. The van der Waals surface area contributed by atoms with Crippen molar-refractivity contribution in [3.05, 3.63) is 71.8 Å². The van der Waals surface area contributed by atoms with Crippen LogP contribution < -0.4 is 21.7 Å². The average Bonchev–Trinajstić information content (AvgIpc) is 3.08.